The third-order valence-electron chi connectivity index (χ3n) is 4.93. The molecule has 1 aliphatic heterocycles. The van der Waals surface area contributed by atoms with Crippen molar-refractivity contribution in [2.75, 3.05) is 18.6 Å². The zero-order chi connectivity index (χ0) is 21.3. The number of likely N-dealkylation sites (N-methyl/N-ethyl adjacent to an activating group) is 1. The van der Waals surface area contributed by atoms with Crippen LogP contribution < -0.4 is 5.76 Å². The molecule has 29 heavy (non-hydrogen) atoms. The minimum Gasteiger partial charge on any atom is -0.452 e. The number of nitrogens with zero attached hydrogens (tertiary/aromatic N) is 2. The van der Waals surface area contributed by atoms with Gasteiger partial charge in [0.2, 0.25) is 0 Å². The van der Waals surface area contributed by atoms with Gasteiger partial charge in [-0.3, -0.25) is 14.2 Å². The van der Waals surface area contributed by atoms with Crippen LogP contribution in [0.5, 0.6) is 0 Å². The van der Waals surface area contributed by atoms with Gasteiger partial charge in [0.15, 0.2) is 21.5 Å². The lowest BCUT2D eigenvalue weighted by Gasteiger charge is -2.26. The highest BCUT2D eigenvalue weighted by Crippen LogP contribution is 2.19. The van der Waals surface area contributed by atoms with Crippen molar-refractivity contribution in [3.63, 3.8) is 0 Å². The molecule has 0 radical (unpaired) electrons. The van der Waals surface area contributed by atoms with E-state index in [-0.39, 0.29) is 24.5 Å². The number of amides is 1. The molecular weight excluding hydrogens is 424 g/mol. The summed E-state index contributed by atoms with van der Waals surface area (Å²) in [6, 6.07) is 4.31. The number of hydrogen-bond donors (Lipinski definition) is 0. The van der Waals surface area contributed by atoms with Crippen LogP contribution in [0.25, 0.3) is 11.1 Å². The van der Waals surface area contributed by atoms with Gasteiger partial charge in [0.25, 0.3) is 5.91 Å². The van der Waals surface area contributed by atoms with Crippen molar-refractivity contribution in [1.82, 2.24) is 9.47 Å². The van der Waals surface area contributed by atoms with E-state index in [1.54, 1.807) is 12.1 Å². The highest BCUT2D eigenvalue weighted by molar-refractivity contribution is 7.91. The van der Waals surface area contributed by atoms with E-state index in [0.717, 1.165) is 0 Å². The summed E-state index contributed by atoms with van der Waals surface area (Å²) in [5.41, 5.74) is 0.811. The number of benzene rings is 1. The Morgan fingerprint density at radius 3 is 2.79 bits per heavy atom. The van der Waals surface area contributed by atoms with Gasteiger partial charge in [0.05, 0.1) is 23.4 Å². The Hall–Kier alpha value is -2.33. The largest absolute Gasteiger partial charge is 0.452 e. The number of carbonyl (C=O) groups is 2. The van der Waals surface area contributed by atoms with Gasteiger partial charge in [0, 0.05) is 30.7 Å². The molecule has 0 bridgehead atoms. The molecule has 0 N–H and O–H groups in total. The van der Waals surface area contributed by atoms with Crippen LogP contribution in [-0.4, -0.2) is 60.5 Å². The average molecular weight is 445 g/mol. The number of aryl methyl sites for hydroxylation is 1. The van der Waals surface area contributed by atoms with Crippen molar-refractivity contribution in [1.29, 1.82) is 0 Å². The lowest BCUT2D eigenvalue weighted by Crippen LogP contribution is -2.44. The van der Waals surface area contributed by atoms with Crippen molar-refractivity contribution >= 4 is 44.4 Å². The van der Waals surface area contributed by atoms with Crippen LogP contribution in [0.4, 0.5) is 0 Å². The number of halogens is 1. The number of carbonyl (C=O) groups excluding carboxylic acids is 2. The number of hydrogen-bond acceptors (Lipinski definition) is 7. The fourth-order valence-corrected chi connectivity index (χ4v) is 5.25. The minimum absolute atomic E-state index is 0.0178. The summed E-state index contributed by atoms with van der Waals surface area (Å²) in [6.07, 6.45) is -0.838. The van der Waals surface area contributed by atoms with Crippen molar-refractivity contribution in [2.45, 2.75) is 38.5 Å². The molecule has 11 heteroatoms. The van der Waals surface area contributed by atoms with Crippen LogP contribution in [0, 0.1) is 0 Å². The molecule has 3 rings (SSSR count). The van der Waals surface area contributed by atoms with Crippen molar-refractivity contribution in [3.8, 4) is 0 Å². The van der Waals surface area contributed by atoms with Crippen LogP contribution in [0.3, 0.4) is 0 Å². The number of rotatable bonds is 6. The molecule has 2 heterocycles. The number of fused-ring (bicyclic) bond motifs is 1. The quantitative estimate of drug-likeness (QED) is 0.615. The predicted molar refractivity (Wildman–Crippen MR) is 105 cm³/mol. The summed E-state index contributed by atoms with van der Waals surface area (Å²) >= 11 is 5.87. The van der Waals surface area contributed by atoms with E-state index in [1.807, 2.05) is 0 Å². The lowest BCUT2D eigenvalue weighted by molar-refractivity contribution is -0.159. The molecular formula is C18H21ClN2O7S. The van der Waals surface area contributed by atoms with Crippen LogP contribution in [0.1, 0.15) is 19.8 Å². The first-order chi connectivity index (χ1) is 13.6. The van der Waals surface area contributed by atoms with Crippen LogP contribution in [0.2, 0.25) is 5.02 Å². The summed E-state index contributed by atoms with van der Waals surface area (Å²) in [4.78, 5) is 37.9. The summed E-state index contributed by atoms with van der Waals surface area (Å²) in [6.45, 7) is 1.45. The van der Waals surface area contributed by atoms with E-state index in [9.17, 15) is 22.8 Å². The highest BCUT2D eigenvalue weighted by Gasteiger charge is 2.34. The second kappa shape index (κ2) is 8.19. The van der Waals surface area contributed by atoms with Gasteiger partial charge in [-0.1, -0.05) is 11.6 Å². The smallest absolute Gasteiger partial charge is 0.419 e. The topological polar surface area (TPSA) is 116 Å². The highest BCUT2D eigenvalue weighted by atomic mass is 35.5. The molecule has 1 fully saturated rings. The molecule has 1 saturated heterocycles. The zero-order valence-corrected chi connectivity index (χ0v) is 17.5. The first-order valence-electron chi connectivity index (χ1n) is 9.03. The SMILES string of the molecule is CC(OC(=O)CCn1c(=O)oc2cc(Cl)ccc21)C(=O)N(C)C1CCS(=O)(=O)C1. The van der Waals surface area contributed by atoms with Gasteiger partial charge in [0.1, 0.15) is 0 Å². The minimum atomic E-state index is -3.13. The van der Waals surface area contributed by atoms with Gasteiger partial charge in [-0.2, -0.15) is 0 Å². The second-order valence-electron chi connectivity index (χ2n) is 7.02. The Labute approximate surface area is 172 Å². The Morgan fingerprint density at radius 1 is 1.41 bits per heavy atom. The maximum atomic E-state index is 12.4. The average Bonchev–Trinajstić information content (AvgIpc) is 3.16. The molecule has 9 nitrogen and oxygen atoms in total. The molecule has 0 aliphatic carbocycles. The summed E-state index contributed by atoms with van der Waals surface area (Å²) in [5.74, 6) is -1.80. The van der Waals surface area contributed by atoms with Gasteiger partial charge >= 0.3 is 11.7 Å². The van der Waals surface area contributed by atoms with E-state index >= 15 is 0 Å². The molecule has 1 aromatic carbocycles. The first kappa shape index (κ1) is 21.4. The zero-order valence-electron chi connectivity index (χ0n) is 16.0. The molecule has 2 atom stereocenters. The Kier molecular flexibility index (Phi) is 6.04. The number of ether oxygens (including phenoxy) is 1. The predicted octanol–water partition coefficient (Wildman–Crippen LogP) is 1.22. The van der Waals surface area contributed by atoms with Crippen molar-refractivity contribution in [3.05, 3.63) is 33.8 Å². The molecule has 1 amide bonds. The molecule has 2 unspecified atom stereocenters. The summed E-state index contributed by atoms with van der Waals surface area (Å²) in [7, 11) is -1.63. The number of sulfone groups is 1. The summed E-state index contributed by atoms with van der Waals surface area (Å²) in [5, 5.41) is 0.421. The fraction of sp³-hybridized carbons (Fsp3) is 0.500. The molecule has 1 aromatic heterocycles. The first-order valence-corrected chi connectivity index (χ1v) is 11.2. The van der Waals surface area contributed by atoms with E-state index in [1.165, 1.54) is 29.5 Å². The lowest BCUT2D eigenvalue weighted by atomic mass is 10.2. The van der Waals surface area contributed by atoms with E-state index in [4.69, 9.17) is 20.8 Å². The van der Waals surface area contributed by atoms with Gasteiger partial charge in [-0.25, -0.2) is 13.2 Å². The van der Waals surface area contributed by atoms with E-state index in [0.29, 0.717) is 22.5 Å². The second-order valence-corrected chi connectivity index (χ2v) is 9.68. The van der Waals surface area contributed by atoms with E-state index < -0.39 is 39.6 Å². The molecule has 158 valence electrons. The van der Waals surface area contributed by atoms with Crippen LogP contribution >= 0.6 is 11.6 Å². The standard InChI is InChI=1S/C18H21ClN2O7S/c1-11(17(23)20(2)13-6-8-29(25,26)10-13)27-16(22)5-7-21-14-4-3-12(19)9-15(14)28-18(21)24/h3-4,9,11,13H,5-8,10H2,1-2H3. The maximum Gasteiger partial charge on any atom is 0.419 e. The summed E-state index contributed by atoms with van der Waals surface area (Å²) < 4.78 is 34.7. The molecule has 1 aliphatic rings. The normalized spacial score (nSPS) is 19.2. The fourth-order valence-electron chi connectivity index (χ4n) is 3.31. The molecule has 0 spiro atoms. The molecule has 2 aromatic rings. The Balaban J connectivity index is 1.57. The van der Waals surface area contributed by atoms with Gasteiger partial charge in [-0.05, 0) is 25.5 Å². The molecule has 0 saturated carbocycles. The van der Waals surface area contributed by atoms with Crippen LogP contribution in [0.15, 0.2) is 27.4 Å². The Morgan fingerprint density at radius 2 is 2.14 bits per heavy atom. The number of oxazole rings is 1. The van der Waals surface area contributed by atoms with E-state index in [2.05, 4.69) is 0 Å². The Bertz CT molecular complexity index is 1110. The van der Waals surface area contributed by atoms with Crippen LogP contribution in [-0.2, 0) is 30.7 Å². The number of aromatic nitrogens is 1. The monoisotopic (exact) mass is 444 g/mol. The van der Waals surface area contributed by atoms with Gasteiger partial charge < -0.3 is 14.1 Å². The third-order valence-corrected chi connectivity index (χ3v) is 6.92. The maximum absolute atomic E-state index is 12.4. The van der Waals surface area contributed by atoms with Crippen molar-refractivity contribution < 1.29 is 27.2 Å². The van der Waals surface area contributed by atoms with Crippen molar-refractivity contribution in [2.24, 2.45) is 0 Å². The third kappa shape index (κ3) is 4.81. The number of esters is 1. The van der Waals surface area contributed by atoms with Gasteiger partial charge in [-0.15, -0.1) is 0 Å².